The van der Waals surface area contributed by atoms with Crippen LogP contribution in [0.5, 0.6) is 0 Å². The molecule has 0 aliphatic rings. The number of nitrogens with zero attached hydrogens (tertiary/aromatic N) is 2. The molecule has 2 N–H and O–H groups in total. The zero-order chi connectivity index (χ0) is 15.4. The Hall–Kier alpha value is -1.28. The summed E-state index contributed by atoms with van der Waals surface area (Å²) in [6.45, 7) is 5.59. The minimum absolute atomic E-state index is 0.287. The minimum Gasteiger partial charge on any atom is -0.310 e. The monoisotopic (exact) mass is 290 g/mol. The average Bonchev–Trinajstić information content (AvgIpc) is 2.39. The highest BCUT2D eigenvalue weighted by Gasteiger charge is 2.11. The second-order valence-electron chi connectivity index (χ2n) is 5.09. The van der Waals surface area contributed by atoms with Gasteiger partial charge < -0.3 is 10.6 Å². The quantitative estimate of drug-likeness (QED) is 0.298. The fraction of sp³-hybridized carbons (Fsp3) is 1.00. The van der Waals surface area contributed by atoms with Gasteiger partial charge in [0.15, 0.2) is 0 Å². The van der Waals surface area contributed by atoms with E-state index in [4.69, 9.17) is 0 Å². The van der Waals surface area contributed by atoms with Gasteiger partial charge in [-0.15, -0.1) is 0 Å². The van der Waals surface area contributed by atoms with Gasteiger partial charge in [-0.05, 0) is 25.9 Å². The van der Waals surface area contributed by atoms with E-state index in [9.17, 15) is 20.2 Å². The van der Waals surface area contributed by atoms with Crippen LogP contribution in [0.3, 0.4) is 0 Å². The summed E-state index contributed by atoms with van der Waals surface area (Å²) in [4.78, 5) is 20.2. The van der Waals surface area contributed by atoms with Gasteiger partial charge in [0, 0.05) is 23.7 Å². The van der Waals surface area contributed by atoms with E-state index in [2.05, 4.69) is 10.6 Å². The van der Waals surface area contributed by atoms with Crippen molar-refractivity contribution in [2.75, 3.05) is 26.2 Å². The summed E-state index contributed by atoms with van der Waals surface area (Å²) in [6.07, 6.45) is 4.12. The van der Waals surface area contributed by atoms with Gasteiger partial charge in [0.1, 0.15) is 0 Å². The zero-order valence-electron chi connectivity index (χ0n) is 12.3. The molecule has 0 aliphatic heterocycles. The molecule has 0 fully saturated rings. The Balaban J connectivity index is 3.21. The standard InChI is InChI=1S/C12H26N4O4/c1-11(15(17)18)9-13-7-5-3-4-6-8-14-10-12(2)16(19)20/h11-14H,3-10H2,1-2H3. The molecule has 0 aromatic heterocycles. The lowest BCUT2D eigenvalue weighted by Gasteiger charge is -2.07. The van der Waals surface area contributed by atoms with Crippen LogP contribution in [0, 0.1) is 20.2 Å². The Bertz CT molecular complexity index is 261. The van der Waals surface area contributed by atoms with Crippen LogP contribution >= 0.6 is 0 Å². The zero-order valence-corrected chi connectivity index (χ0v) is 12.3. The summed E-state index contributed by atoms with van der Waals surface area (Å²) in [7, 11) is 0. The van der Waals surface area contributed by atoms with Gasteiger partial charge in [0.25, 0.3) is 0 Å². The molecule has 0 bridgehead atoms. The van der Waals surface area contributed by atoms with E-state index in [1.807, 2.05) is 0 Å². The van der Waals surface area contributed by atoms with Crippen LogP contribution in [0.2, 0.25) is 0 Å². The Morgan fingerprint density at radius 3 is 1.45 bits per heavy atom. The SMILES string of the molecule is CC(CNCCCCCCNCC(C)[N+](=O)[O-])[N+](=O)[O-]. The molecule has 0 radical (unpaired) electrons. The maximum absolute atomic E-state index is 10.4. The maximum Gasteiger partial charge on any atom is 0.222 e. The first kappa shape index (κ1) is 18.7. The third kappa shape index (κ3) is 10.6. The predicted molar refractivity (Wildman–Crippen MR) is 77.1 cm³/mol. The molecular formula is C12H26N4O4. The average molecular weight is 290 g/mol. The van der Waals surface area contributed by atoms with Crippen molar-refractivity contribution < 1.29 is 9.85 Å². The van der Waals surface area contributed by atoms with E-state index in [-0.39, 0.29) is 9.85 Å². The van der Waals surface area contributed by atoms with Crippen molar-refractivity contribution in [2.45, 2.75) is 51.6 Å². The molecule has 0 spiro atoms. The molecule has 8 nitrogen and oxygen atoms in total. The summed E-state index contributed by atoms with van der Waals surface area (Å²) in [6, 6.07) is -1.08. The smallest absolute Gasteiger partial charge is 0.222 e. The van der Waals surface area contributed by atoms with Gasteiger partial charge in [0.05, 0.1) is 13.1 Å². The molecule has 2 unspecified atom stereocenters. The normalized spacial score (nSPS) is 13.9. The van der Waals surface area contributed by atoms with E-state index < -0.39 is 12.1 Å². The third-order valence-corrected chi connectivity index (χ3v) is 3.06. The van der Waals surface area contributed by atoms with Crippen molar-refractivity contribution in [3.63, 3.8) is 0 Å². The first-order chi connectivity index (χ1) is 9.45. The fourth-order valence-electron chi connectivity index (χ4n) is 1.62. The van der Waals surface area contributed by atoms with Crippen molar-refractivity contribution in [1.82, 2.24) is 10.6 Å². The van der Waals surface area contributed by atoms with Crippen LogP contribution in [-0.2, 0) is 0 Å². The van der Waals surface area contributed by atoms with Gasteiger partial charge in [-0.2, -0.15) is 0 Å². The van der Waals surface area contributed by atoms with E-state index in [1.165, 1.54) is 0 Å². The molecule has 0 aromatic rings. The number of nitro groups is 2. The van der Waals surface area contributed by atoms with Crippen molar-refractivity contribution in [3.05, 3.63) is 20.2 Å². The van der Waals surface area contributed by atoms with Gasteiger partial charge in [-0.1, -0.05) is 12.8 Å². The minimum atomic E-state index is -0.539. The van der Waals surface area contributed by atoms with Gasteiger partial charge in [-0.25, -0.2) is 0 Å². The molecule has 0 heterocycles. The largest absolute Gasteiger partial charge is 0.310 e. The molecule has 8 heteroatoms. The molecule has 0 aliphatic carbocycles. The van der Waals surface area contributed by atoms with Gasteiger partial charge in [0.2, 0.25) is 12.1 Å². The second-order valence-corrected chi connectivity index (χ2v) is 5.09. The number of rotatable bonds is 13. The molecule has 118 valence electrons. The lowest BCUT2D eigenvalue weighted by Crippen LogP contribution is -2.31. The lowest BCUT2D eigenvalue weighted by molar-refractivity contribution is -0.515. The molecule has 2 atom stereocenters. The lowest BCUT2D eigenvalue weighted by atomic mass is 10.2. The highest BCUT2D eigenvalue weighted by Crippen LogP contribution is 1.98. The first-order valence-corrected chi connectivity index (χ1v) is 7.13. The Morgan fingerprint density at radius 1 is 0.800 bits per heavy atom. The van der Waals surface area contributed by atoms with E-state index >= 15 is 0 Å². The fourth-order valence-corrected chi connectivity index (χ4v) is 1.62. The van der Waals surface area contributed by atoms with E-state index in [0.717, 1.165) is 38.8 Å². The summed E-state index contributed by atoms with van der Waals surface area (Å²) >= 11 is 0. The number of unbranched alkanes of at least 4 members (excludes halogenated alkanes) is 3. The van der Waals surface area contributed by atoms with Gasteiger partial charge >= 0.3 is 0 Å². The maximum atomic E-state index is 10.4. The van der Waals surface area contributed by atoms with Gasteiger partial charge in [-0.3, -0.25) is 20.2 Å². The Morgan fingerprint density at radius 2 is 1.15 bits per heavy atom. The molecule has 0 saturated heterocycles. The topological polar surface area (TPSA) is 110 Å². The van der Waals surface area contributed by atoms with Crippen LogP contribution in [0.15, 0.2) is 0 Å². The van der Waals surface area contributed by atoms with E-state index in [1.54, 1.807) is 13.8 Å². The van der Waals surface area contributed by atoms with Crippen LogP contribution in [0.4, 0.5) is 0 Å². The van der Waals surface area contributed by atoms with Crippen LogP contribution < -0.4 is 10.6 Å². The van der Waals surface area contributed by atoms with Crippen LogP contribution in [0.1, 0.15) is 39.5 Å². The number of nitrogens with one attached hydrogen (secondary N) is 2. The summed E-state index contributed by atoms with van der Waals surface area (Å²) in [5.74, 6) is 0. The number of hydrogen-bond acceptors (Lipinski definition) is 6. The van der Waals surface area contributed by atoms with Crippen molar-refractivity contribution >= 4 is 0 Å². The Kier molecular flexibility index (Phi) is 10.8. The van der Waals surface area contributed by atoms with E-state index in [0.29, 0.717) is 13.1 Å². The van der Waals surface area contributed by atoms with Crippen molar-refractivity contribution in [1.29, 1.82) is 0 Å². The number of hydrogen-bond donors (Lipinski definition) is 2. The molecule has 20 heavy (non-hydrogen) atoms. The molecular weight excluding hydrogens is 264 g/mol. The van der Waals surface area contributed by atoms with Crippen LogP contribution in [0.25, 0.3) is 0 Å². The predicted octanol–water partition coefficient (Wildman–Crippen LogP) is 1.06. The summed E-state index contributed by atoms with van der Waals surface area (Å²) in [5, 5.41) is 26.9. The summed E-state index contributed by atoms with van der Waals surface area (Å²) in [5.41, 5.74) is 0. The van der Waals surface area contributed by atoms with Crippen molar-refractivity contribution in [3.8, 4) is 0 Å². The molecule has 0 amide bonds. The Labute approximate surface area is 119 Å². The molecule has 0 aromatic carbocycles. The van der Waals surface area contributed by atoms with Crippen molar-refractivity contribution in [2.24, 2.45) is 0 Å². The molecule has 0 saturated carbocycles. The highest BCUT2D eigenvalue weighted by molar-refractivity contribution is 4.57. The molecule has 0 rings (SSSR count). The third-order valence-electron chi connectivity index (χ3n) is 3.06. The highest BCUT2D eigenvalue weighted by atomic mass is 16.6. The second kappa shape index (κ2) is 11.5. The summed E-state index contributed by atoms with van der Waals surface area (Å²) < 4.78 is 0. The first-order valence-electron chi connectivity index (χ1n) is 7.13. The van der Waals surface area contributed by atoms with Crippen LogP contribution in [-0.4, -0.2) is 48.1 Å².